The van der Waals surface area contributed by atoms with Gasteiger partial charge >= 0.3 is 12.4 Å². The van der Waals surface area contributed by atoms with Crippen LogP contribution in [0.3, 0.4) is 0 Å². The van der Waals surface area contributed by atoms with E-state index in [0.717, 1.165) is 105 Å². The summed E-state index contributed by atoms with van der Waals surface area (Å²) in [5.74, 6) is 0. The van der Waals surface area contributed by atoms with Crippen LogP contribution in [0.2, 0.25) is 0 Å². The summed E-state index contributed by atoms with van der Waals surface area (Å²) in [5.41, 5.74) is 8.23. The Balaban J connectivity index is 1.05. The summed E-state index contributed by atoms with van der Waals surface area (Å²) in [6.45, 7) is 0. The maximum atomic E-state index is 15.2. The van der Waals surface area contributed by atoms with Crippen LogP contribution >= 0.6 is 0 Å². The molecule has 0 N–H and O–H groups in total. The molecular formula is C69H39F6N5. The average Bonchev–Trinajstić information content (AvgIpc) is 4.43. The van der Waals surface area contributed by atoms with Gasteiger partial charge in [0.1, 0.15) is 0 Å². The van der Waals surface area contributed by atoms with Crippen molar-refractivity contribution in [2.75, 3.05) is 0 Å². The van der Waals surface area contributed by atoms with E-state index < -0.39 is 29.0 Å². The molecule has 0 aliphatic rings. The van der Waals surface area contributed by atoms with E-state index in [2.05, 4.69) is 115 Å². The predicted molar refractivity (Wildman–Crippen MR) is 309 cm³/mol. The van der Waals surface area contributed by atoms with Crippen molar-refractivity contribution in [2.24, 2.45) is 0 Å². The molecule has 0 unspecified atom stereocenters. The highest BCUT2D eigenvalue weighted by atomic mass is 19.4. The third-order valence-corrected chi connectivity index (χ3v) is 15.8. The minimum atomic E-state index is -5.16. The largest absolute Gasteiger partial charge is 0.417 e. The van der Waals surface area contributed by atoms with E-state index in [1.54, 1.807) is 18.2 Å². The minimum Gasteiger partial charge on any atom is -0.309 e. The lowest BCUT2D eigenvalue weighted by Crippen LogP contribution is -2.12. The molecule has 80 heavy (non-hydrogen) atoms. The Labute approximate surface area is 451 Å². The smallest absolute Gasteiger partial charge is 0.309 e. The summed E-state index contributed by atoms with van der Waals surface area (Å²) >= 11 is 0. The Morgan fingerprint density at radius 2 is 0.812 bits per heavy atom. The number of nitriles is 1. The third kappa shape index (κ3) is 6.91. The van der Waals surface area contributed by atoms with Crippen molar-refractivity contribution in [1.29, 1.82) is 5.26 Å². The van der Waals surface area contributed by atoms with Gasteiger partial charge in [0.25, 0.3) is 0 Å². The number of halogens is 6. The standard InChI is InChI=1S/C69H39F6N5/c70-68(71,72)43-29-31-47(56(38-43)69(73,74)75)41-28-34-61(80-60-26-14-10-22-53(60)65-63(80)36-33-51-49-20-8-12-24-58(49)79(67(51)65)45-17-5-2-6-18-45)55(37-41)54-39-46(30-27-42(54)40-76)77-59-25-13-9-21-52(59)64-62(77)35-32-50-48-19-7-11-23-57(48)78(66(50)64)44-15-3-1-4-16-44/h1-39H. The topological polar surface area (TPSA) is 43.5 Å². The first kappa shape index (κ1) is 46.9. The molecule has 0 atom stereocenters. The van der Waals surface area contributed by atoms with Crippen LogP contribution in [0.25, 0.3) is 132 Å². The first-order valence-electron chi connectivity index (χ1n) is 26.0. The first-order valence-corrected chi connectivity index (χ1v) is 26.0. The van der Waals surface area contributed by atoms with Crippen LogP contribution in [0.1, 0.15) is 16.7 Å². The van der Waals surface area contributed by atoms with E-state index in [0.29, 0.717) is 28.6 Å². The second kappa shape index (κ2) is 17.3. The van der Waals surface area contributed by atoms with Gasteiger partial charge in [-0.25, -0.2) is 0 Å². The highest BCUT2D eigenvalue weighted by Crippen LogP contribution is 2.48. The van der Waals surface area contributed by atoms with Crippen LogP contribution in [0.15, 0.2) is 237 Å². The summed E-state index contributed by atoms with van der Waals surface area (Å²) in [5, 5.41) is 19.2. The number of hydrogen-bond acceptors (Lipinski definition) is 1. The molecular weight excluding hydrogens is 1010 g/mol. The van der Waals surface area contributed by atoms with Crippen molar-refractivity contribution >= 4 is 87.2 Å². The zero-order valence-electron chi connectivity index (χ0n) is 42.0. The first-order chi connectivity index (χ1) is 39.0. The summed E-state index contributed by atoms with van der Waals surface area (Å²) in [7, 11) is 0. The quantitative estimate of drug-likeness (QED) is 0.153. The van der Waals surface area contributed by atoms with E-state index in [1.165, 1.54) is 6.07 Å². The average molecular weight is 1050 g/mol. The maximum Gasteiger partial charge on any atom is 0.417 e. The van der Waals surface area contributed by atoms with Crippen LogP contribution in [-0.2, 0) is 12.4 Å². The monoisotopic (exact) mass is 1050 g/mol. The molecule has 0 radical (unpaired) electrons. The molecule has 15 rings (SSSR count). The van der Waals surface area contributed by atoms with Crippen LogP contribution in [0.4, 0.5) is 26.3 Å². The Morgan fingerprint density at radius 3 is 1.34 bits per heavy atom. The molecule has 0 fully saturated rings. The molecule has 4 heterocycles. The van der Waals surface area contributed by atoms with Crippen molar-refractivity contribution in [2.45, 2.75) is 12.4 Å². The van der Waals surface area contributed by atoms with Crippen molar-refractivity contribution in [3.63, 3.8) is 0 Å². The Bertz CT molecular complexity index is 5110. The fraction of sp³-hybridized carbons (Fsp3) is 0.0290. The number of hydrogen-bond donors (Lipinski definition) is 0. The molecule has 0 aliphatic carbocycles. The number of benzene rings is 11. The molecule has 0 amide bonds. The fourth-order valence-electron chi connectivity index (χ4n) is 12.6. The lowest BCUT2D eigenvalue weighted by Gasteiger charge is -2.20. The molecule has 4 aromatic heterocycles. The summed E-state index contributed by atoms with van der Waals surface area (Å²) < 4.78 is 96.8. The number of rotatable bonds is 6. The molecule has 0 saturated carbocycles. The molecule has 11 aromatic carbocycles. The number of fused-ring (bicyclic) bond motifs is 14. The molecule has 0 aliphatic heterocycles. The number of para-hydroxylation sites is 6. The van der Waals surface area contributed by atoms with Crippen molar-refractivity contribution in [3.8, 4) is 51.1 Å². The molecule has 0 spiro atoms. The molecule has 11 heteroatoms. The van der Waals surface area contributed by atoms with Gasteiger partial charge in [0.2, 0.25) is 0 Å². The second-order valence-electron chi connectivity index (χ2n) is 20.1. The third-order valence-electron chi connectivity index (χ3n) is 15.8. The van der Waals surface area contributed by atoms with Crippen LogP contribution in [-0.4, -0.2) is 18.3 Å². The lowest BCUT2D eigenvalue weighted by molar-refractivity contribution is -0.142. The Morgan fingerprint density at radius 1 is 0.325 bits per heavy atom. The van der Waals surface area contributed by atoms with E-state index in [4.69, 9.17) is 0 Å². The lowest BCUT2D eigenvalue weighted by atomic mass is 9.91. The molecule has 0 saturated heterocycles. The molecule has 382 valence electrons. The predicted octanol–water partition coefficient (Wildman–Crippen LogP) is 19.3. The van der Waals surface area contributed by atoms with E-state index in [9.17, 15) is 18.4 Å². The summed E-state index contributed by atoms with van der Waals surface area (Å²) in [6, 6.07) is 75.9. The van der Waals surface area contributed by atoms with Gasteiger partial charge in [0.15, 0.2) is 0 Å². The van der Waals surface area contributed by atoms with Gasteiger partial charge in [-0.3, -0.25) is 0 Å². The van der Waals surface area contributed by atoms with Gasteiger partial charge < -0.3 is 18.3 Å². The normalized spacial score (nSPS) is 12.4. The van der Waals surface area contributed by atoms with Gasteiger partial charge in [0.05, 0.1) is 72.6 Å². The van der Waals surface area contributed by atoms with Crippen LogP contribution in [0, 0.1) is 11.3 Å². The Hall–Kier alpha value is -10.3. The van der Waals surface area contributed by atoms with E-state index in [-0.39, 0.29) is 17.2 Å². The zero-order valence-corrected chi connectivity index (χ0v) is 42.0. The fourth-order valence-corrected chi connectivity index (χ4v) is 12.6. The van der Waals surface area contributed by atoms with Gasteiger partial charge in [-0.05, 0) is 114 Å². The van der Waals surface area contributed by atoms with E-state index >= 15 is 13.2 Å². The molecule has 5 nitrogen and oxygen atoms in total. The van der Waals surface area contributed by atoms with Gasteiger partial charge in [0, 0.05) is 71.3 Å². The van der Waals surface area contributed by atoms with Crippen LogP contribution < -0.4 is 0 Å². The van der Waals surface area contributed by atoms with Gasteiger partial charge in [-0.1, -0.05) is 133 Å². The highest BCUT2D eigenvalue weighted by Gasteiger charge is 2.39. The second-order valence-corrected chi connectivity index (χ2v) is 20.1. The Kier molecular flexibility index (Phi) is 10.2. The van der Waals surface area contributed by atoms with Crippen molar-refractivity contribution < 1.29 is 26.3 Å². The number of alkyl halides is 6. The molecule has 15 aromatic rings. The number of nitrogens with zero attached hydrogens (tertiary/aromatic N) is 5. The van der Waals surface area contributed by atoms with Crippen molar-refractivity contribution in [3.05, 3.63) is 253 Å². The number of aromatic nitrogens is 4. The highest BCUT2D eigenvalue weighted by molar-refractivity contribution is 6.28. The van der Waals surface area contributed by atoms with Gasteiger partial charge in [-0.2, -0.15) is 31.6 Å². The molecule has 0 bridgehead atoms. The zero-order chi connectivity index (χ0) is 54.2. The van der Waals surface area contributed by atoms with Gasteiger partial charge in [-0.15, -0.1) is 0 Å². The summed E-state index contributed by atoms with van der Waals surface area (Å²) in [4.78, 5) is 0. The maximum absolute atomic E-state index is 15.2. The van der Waals surface area contributed by atoms with E-state index in [1.807, 2.05) is 103 Å². The van der Waals surface area contributed by atoms with Crippen LogP contribution in [0.5, 0.6) is 0 Å². The minimum absolute atomic E-state index is 0.0134. The SMILES string of the molecule is N#Cc1ccc(-n2c3ccccc3c3c2ccc2c4ccccc4n(-c4ccccc4)c23)cc1-c1cc(-c2ccc(C(F)(F)F)cc2C(F)(F)F)ccc1-n1c2ccccc2c2c1ccc1c3ccccc3n(-c3ccccc3)c12. The van der Waals surface area contributed by atoms with Crippen molar-refractivity contribution in [1.82, 2.24) is 18.3 Å². The summed E-state index contributed by atoms with van der Waals surface area (Å²) in [6.07, 6.45) is -10.2.